The highest BCUT2D eigenvalue weighted by Crippen LogP contribution is 2.51. The maximum absolute atomic E-state index is 5.59. The molecule has 1 aliphatic carbocycles. The second kappa shape index (κ2) is 4.72. The zero-order valence-electron chi connectivity index (χ0n) is 10.1. The van der Waals surface area contributed by atoms with Crippen LogP contribution in [0.25, 0.3) is 0 Å². The van der Waals surface area contributed by atoms with E-state index in [9.17, 15) is 0 Å². The summed E-state index contributed by atoms with van der Waals surface area (Å²) in [6, 6.07) is 0. The zero-order valence-corrected chi connectivity index (χ0v) is 10.9. The Labute approximate surface area is 101 Å². The summed E-state index contributed by atoms with van der Waals surface area (Å²) in [5.74, 6) is 0.801. The van der Waals surface area contributed by atoms with Gasteiger partial charge in [0.15, 0.2) is 5.13 Å². The molecule has 0 saturated heterocycles. The lowest BCUT2D eigenvalue weighted by atomic mass is 9.92. The average Bonchev–Trinajstić information content (AvgIpc) is 2.92. The van der Waals surface area contributed by atoms with E-state index in [1.165, 1.54) is 24.2 Å². The zero-order chi connectivity index (χ0) is 11.6. The number of nitrogens with two attached hydrogens (primary N) is 1. The number of nitrogens with zero attached hydrogens (tertiary/aromatic N) is 1. The van der Waals surface area contributed by atoms with Crippen LogP contribution in [-0.2, 0) is 6.42 Å². The van der Waals surface area contributed by atoms with Gasteiger partial charge in [0.1, 0.15) is 0 Å². The summed E-state index contributed by atoms with van der Waals surface area (Å²) < 4.78 is 0. The monoisotopic (exact) mass is 239 g/mol. The molecule has 0 spiro atoms. The fourth-order valence-electron chi connectivity index (χ4n) is 2.11. The molecule has 0 bridgehead atoms. The third-order valence-corrected chi connectivity index (χ3v) is 4.44. The van der Waals surface area contributed by atoms with Crippen LogP contribution < -0.4 is 11.1 Å². The first-order valence-electron chi connectivity index (χ1n) is 6.03. The van der Waals surface area contributed by atoms with Gasteiger partial charge < -0.3 is 11.1 Å². The Hall–Kier alpha value is -0.610. The molecule has 1 saturated carbocycles. The van der Waals surface area contributed by atoms with Gasteiger partial charge in [-0.05, 0) is 24.2 Å². The summed E-state index contributed by atoms with van der Waals surface area (Å²) >= 11 is 1.52. The number of anilines is 1. The average molecular weight is 239 g/mol. The fourth-order valence-corrected chi connectivity index (χ4v) is 2.71. The van der Waals surface area contributed by atoms with Crippen molar-refractivity contribution in [3.8, 4) is 0 Å². The summed E-state index contributed by atoms with van der Waals surface area (Å²) in [7, 11) is 0. The summed E-state index contributed by atoms with van der Waals surface area (Å²) in [6.45, 7) is 6.83. The molecule has 0 unspecified atom stereocenters. The molecule has 0 aliphatic heterocycles. The van der Waals surface area contributed by atoms with Crippen LogP contribution in [0, 0.1) is 11.3 Å². The molecule has 3 N–H and O–H groups in total. The number of hydrogen-bond acceptors (Lipinski definition) is 4. The lowest BCUT2D eigenvalue weighted by molar-refractivity contribution is 0.339. The Morgan fingerprint density at radius 3 is 2.81 bits per heavy atom. The molecule has 1 aromatic rings. The highest BCUT2D eigenvalue weighted by molar-refractivity contribution is 7.13. The van der Waals surface area contributed by atoms with Crippen LogP contribution >= 0.6 is 11.3 Å². The summed E-state index contributed by atoms with van der Waals surface area (Å²) in [5.41, 5.74) is 7.30. The minimum absolute atomic E-state index is 0.598. The van der Waals surface area contributed by atoms with Gasteiger partial charge in [0.25, 0.3) is 0 Å². The largest absolute Gasteiger partial charge is 0.375 e. The predicted octanol–water partition coefficient (Wildman–Crippen LogP) is 2.29. The van der Waals surface area contributed by atoms with Crippen molar-refractivity contribution >= 4 is 16.5 Å². The van der Waals surface area contributed by atoms with Gasteiger partial charge >= 0.3 is 0 Å². The molecular weight excluding hydrogens is 218 g/mol. The standard InChI is InChI=1S/C12H21N3S/c1-9(2)12(4-5-12)8-14-6-3-10-7-16-11(13)15-10/h7,9,14H,3-6,8H2,1-2H3,(H2,13,15). The van der Waals surface area contributed by atoms with E-state index in [0.29, 0.717) is 10.5 Å². The van der Waals surface area contributed by atoms with Gasteiger partial charge in [0, 0.05) is 24.9 Å². The summed E-state index contributed by atoms with van der Waals surface area (Å²) in [5, 5.41) is 6.28. The molecule has 1 aromatic heterocycles. The Morgan fingerprint density at radius 2 is 2.31 bits per heavy atom. The third-order valence-electron chi connectivity index (χ3n) is 3.72. The second-order valence-corrected chi connectivity index (χ2v) is 6.01. The van der Waals surface area contributed by atoms with Gasteiger partial charge in [-0.3, -0.25) is 0 Å². The van der Waals surface area contributed by atoms with E-state index in [2.05, 4.69) is 24.1 Å². The van der Waals surface area contributed by atoms with Crippen LogP contribution in [0.4, 0.5) is 5.13 Å². The van der Waals surface area contributed by atoms with Crippen molar-refractivity contribution < 1.29 is 0 Å². The van der Waals surface area contributed by atoms with Crippen LogP contribution in [0.3, 0.4) is 0 Å². The molecule has 1 fully saturated rings. The second-order valence-electron chi connectivity index (χ2n) is 5.12. The molecule has 0 aromatic carbocycles. The fraction of sp³-hybridized carbons (Fsp3) is 0.750. The first-order chi connectivity index (χ1) is 7.62. The maximum atomic E-state index is 5.59. The van der Waals surface area contributed by atoms with Crippen molar-refractivity contribution in [1.29, 1.82) is 0 Å². The quantitative estimate of drug-likeness (QED) is 0.749. The van der Waals surface area contributed by atoms with E-state index in [1.54, 1.807) is 0 Å². The highest BCUT2D eigenvalue weighted by atomic mass is 32.1. The molecule has 1 aliphatic rings. The highest BCUT2D eigenvalue weighted by Gasteiger charge is 2.44. The van der Waals surface area contributed by atoms with Crippen LogP contribution in [-0.4, -0.2) is 18.1 Å². The van der Waals surface area contributed by atoms with E-state index in [4.69, 9.17) is 5.73 Å². The van der Waals surface area contributed by atoms with Crippen molar-refractivity contribution in [2.24, 2.45) is 11.3 Å². The van der Waals surface area contributed by atoms with Crippen LogP contribution in [0.15, 0.2) is 5.38 Å². The van der Waals surface area contributed by atoms with Gasteiger partial charge in [-0.25, -0.2) is 4.98 Å². The SMILES string of the molecule is CC(C)C1(CNCCc2csc(N)n2)CC1. The van der Waals surface area contributed by atoms with Crippen molar-refractivity contribution in [1.82, 2.24) is 10.3 Å². The van der Waals surface area contributed by atoms with Gasteiger partial charge in [0.05, 0.1) is 5.69 Å². The van der Waals surface area contributed by atoms with Gasteiger partial charge in [-0.2, -0.15) is 0 Å². The molecule has 0 amide bonds. The van der Waals surface area contributed by atoms with Crippen molar-refractivity contribution in [3.05, 3.63) is 11.1 Å². The Bertz CT molecular complexity index is 342. The van der Waals surface area contributed by atoms with Crippen LogP contribution in [0.2, 0.25) is 0 Å². The molecule has 0 atom stereocenters. The van der Waals surface area contributed by atoms with Gasteiger partial charge in [-0.1, -0.05) is 13.8 Å². The van der Waals surface area contributed by atoms with E-state index >= 15 is 0 Å². The van der Waals surface area contributed by atoms with Crippen molar-refractivity contribution in [3.63, 3.8) is 0 Å². The number of rotatable bonds is 6. The lowest BCUT2D eigenvalue weighted by Gasteiger charge is -2.19. The van der Waals surface area contributed by atoms with Crippen molar-refractivity contribution in [2.45, 2.75) is 33.1 Å². The first kappa shape index (κ1) is 11.9. The Balaban J connectivity index is 1.66. The van der Waals surface area contributed by atoms with Crippen molar-refractivity contribution in [2.75, 3.05) is 18.8 Å². The smallest absolute Gasteiger partial charge is 0.180 e. The maximum Gasteiger partial charge on any atom is 0.180 e. The third kappa shape index (κ3) is 2.74. The molecular formula is C12H21N3S. The minimum atomic E-state index is 0.598. The summed E-state index contributed by atoms with van der Waals surface area (Å²) in [4.78, 5) is 4.25. The molecule has 0 radical (unpaired) electrons. The molecule has 4 heteroatoms. The number of hydrogen-bond donors (Lipinski definition) is 2. The van der Waals surface area contributed by atoms with Crippen LogP contribution in [0.5, 0.6) is 0 Å². The molecule has 16 heavy (non-hydrogen) atoms. The number of thiazole rings is 1. The van der Waals surface area contributed by atoms with E-state index in [0.717, 1.165) is 31.1 Å². The first-order valence-corrected chi connectivity index (χ1v) is 6.91. The molecule has 90 valence electrons. The van der Waals surface area contributed by atoms with E-state index < -0.39 is 0 Å². The normalized spacial score (nSPS) is 17.9. The van der Waals surface area contributed by atoms with Crippen LogP contribution in [0.1, 0.15) is 32.4 Å². The minimum Gasteiger partial charge on any atom is -0.375 e. The predicted molar refractivity (Wildman–Crippen MR) is 69.6 cm³/mol. The number of nitrogens with one attached hydrogen (secondary N) is 1. The number of nitrogen functional groups attached to an aromatic ring is 1. The topological polar surface area (TPSA) is 50.9 Å². The van der Waals surface area contributed by atoms with Gasteiger partial charge in [-0.15, -0.1) is 11.3 Å². The Morgan fingerprint density at radius 1 is 1.56 bits per heavy atom. The molecule has 3 nitrogen and oxygen atoms in total. The summed E-state index contributed by atoms with van der Waals surface area (Å²) in [6.07, 6.45) is 3.77. The van der Waals surface area contributed by atoms with E-state index in [-0.39, 0.29) is 0 Å². The van der Waals surface area contributed by atoms with E-state index in [1.807, 2.05) is 5.38 Å². The molecule has 2 rings (SSSR count). The lowest BCUT2D eigenvalue weighted by Crippen LogP contribution is -2.29. The van der Waals surface area contributed by atoms with Gasteiger partial charge in [0.2, 0.25) is 0 Å². The Kier molecular flexibility index (Phi) is 3.50. The molecule has 1 heterocycles. The number of aromatic nitrogens is 1.